The van der Waals surface area contributed by atoms with E-state index in [1.807, 2.05) is 11.8 Å². The first-order chi connectivity index (χ1) is 7.57. The Labute approximate surface area is 95.6 Å². The quantitative estimate of drug-likeness (QED) is 0.646. The van der Waals surface area contributed by atoms with Gasteiger partial charge in [-0.3, -0.25) is 9.59 Å². The molecule has 2 saturated heterocycles. The molecule has 1 unspecified atom stereocenters. The van der Waals surface area contributed by atoms with E-state index in [2.05, 4.69) is 10.6 Å². The Hall–Kier alpha value is -1.10. The molecule has 2 aliphatic heterocycles. The summed E-state index contributed by atoms with van der Waals surface area (Å²) in [6.45, 7) is 4.76. The van der Waals surface area contributed by atoms with Crippen molar-refractivity contribution in [3.63, 3.8) is 0 Å². The summed E-state index contributed by atoms with van der Waals surface area (Å²) < 4.78 is 0. The second kappa shape index (κ2) is 4.05. The van der Waals surface area contributed by atoms with Crippen molar-refractivity contribution < 1.29 is 9.59 Å². The lowest BCUT2D eigenvalue weighted by Gasteiger charge is -2.31. The fourth-order valence-corrected chi connectivity index (χ4v) is 2.36. The zero-order valence-corrected chi connectivity index (χ0v) is 9.88. The lowest BCUT2D eigenvalue weighted by Crippen LogP contribution is -2.52. The van der Waals surface area contributed by atoms with Crippen LogP contribution in [0.2, 0.25) is 0 Å². The summed E-state index contributed by atoms with van der Waals surface area (Å²) >= 11 is 0. The van der Waals surface area contributed by atoms with Gasteiger partial charge < -0.3 is 15.5 Å². The molecule has 5 heteroatoms. The van der Waals surface area contributed by atoms with Crippen molar-refractivity contribution in [2.24, 2.45) is 11.3 Å². The topological polar surface area (TPSA) is 61.4 Å². The molecule has 0 spiro atoms. The van der Waals surface area contributed by atoms with Crippen molar-refractivity contribution in [2.45, 2.75) is 13.3 Å². The van der Waals surface area contributed by atoms with Gasteiger partial charge in [0.2, 0.25) is 11.8 Å². The predicted molar refractivity (Wildman–Crippen MR) is 59.7 cm³/mol. The van der Waals surface area contributed by atoms with E-state index in [1.54, 1.807) is 7.05 Å². The Kier molecular flexibility index (Phi) is 2.88. The summed E-state index contributed by atoms with van der Waals surface area (Å²) in [5.74, 6) is 0.368. The van der Waals surface area contributed by atoms with Gasteiger partial charge in [0.1, 0.15) is 0 Å². The zero-order valence-electron chi connectivity index (χ0n) is 9.88. The van der Waals surface area contributed by atoms with Gasteiger partial charge in [-0.05, 0) is 13.3 Å². The minimum Gasteiger partial charge on any atom is -0.359 e. The number of carbonyl (C=O) groups is 2. The van der Waals surface area contributed by atoms with Crippen LogP contribution in [-0.2, 0) is 9.59 Å². The smallest absolute Gasteiger partial charge is 0.228 e. The van der Waals surface area contributed by atoms with Gasteiger partial charge in [-0.25, -0.2) is 0 Å². The number of hydrogen-bond donors (Lipinski definition) is 2. The van der Waals surface area contributed by atoms with Gasteiger partial charge in [0.15, 0.2) is 0 Å². The molecule has 0 aromatic rings. The van der Waals surface area contributed by atoms with E-state index in [0.29, 0.717) is 13.1 Å². The molecule has 2 heterocycles. The van der Waals surface area contributed by atoms with Crippen LogP contribution in [0.15, 0.2) is 0 Å². The third-order valence-corrected chi connectivity index (χ3v) is 3.69. The molecule has 90 valence electrons. The minimum atomic E-state index is -0.401. The first kappa shape index (κ1) is 11.4. The molecule has 2 rings (SSSR count). The molecule has 16 heavy (non-hydrogen) atoms. The average Bonchev–Trinajstić information content (AvgIpc) is 2.58. The predicted octanol–water partition coefficient (Wildman–Crippen LogP) is -0.810. The summed E-state index contributed by atoms with van der Waals surface area (Å²) in [6.07, 6.45) is 0.762. The summed E-state index contributed by atoms with van der Waals surface area (Å²) in [5, 5.41) is 5.77. The number of nitrogens with zero attached hydrogens (tertiary/aromatic N) is 1. The van der Waals surface area contributed by atoms with E-state index in [1.165, 1.54) is 0 Å². The van der Waals surface area contributed by atoms with Crippen molar-refractivity contribution in [3.05, 3.63) is 0 Å². The second-order valence-electron chi connectivity index (χ2n) is 5.00. The van der Waals surface area contributed by atoms with Gasteiger partial charge in [0, 0.05) is 33.2 Å². The molecular weight excluding hydrogens is 206 g/mol. The van der Waals surface area contributed by atoms with E-state index in [4.69, 9.17) is 0 Å². The van der Waals surface area contributed by atoms with Gasteiger partial charge in [0.05, 0.1) is 11.3 Å². The standard InChI is InChI=1S/C11H19N3O2/c1-11(10(16)12-2)3-4-14(7-11)9(15)8-5-13-6-8/h8,13H,3-7H2,1-2H3,(H,12,16). The van der Waals surface area contributed by atoms with Gasteiger partial charge in [-0.1, -0.05) is 0 Å². The normalized spacial score (nSPS) is 30.0. The highest BCUT2D eigenvalue weighted by Crippen LogP contribution is 2.31. The number of nitrogens with one attached hydrogen (secondary N) is 2. The first-order valence-electron chi connectivity index (χ1n) is 5.78. The van der Waals surface area contributed by atoms with Crippen LogP contribution in [0.25, 0.3) is 0 Å². The SMILES string of the molecule is CNC(=O)C1(C)CCN(C(=O)C2CNC2)C1. The molecule has 0 aliphatic carbocycles. The van der Waals surface area contributed by atoms with Crippen LogP contribution in [-0.4, -0.2) is 49.9 Å². The minimum absolute atomic E-state index is 0.0366. The van der Waals surface area contributed by atoms with Gasteiger partial charge in [-0.2, -0.15) is 0 Å². The molecule has 0 radical (unpaired) electrons. The molecule has 5 nitrogen and oxygen atoms in total. The molecular formula is C11H19N3O2. The highest BCUT2D eigenvalue weighted by atomic mass is 16.2. The molecule has 0 aromatic heterocycles. The number of likely N-dealkylation sites (tertiary alicyclic amines) is 1. The summed E-state index contributed by atoms with van der Waals surface area (Å²) in [7, 11) is 1.65. The van der Waals surface area contributed by atoms with Gasteiger partial charge in [-0.15, -0.1) is 0 Å². The van der Waals surface area contributed by atoms with Crippen molar-refractivity contribution in [3.8, 4) is 0 Å². The molecule has 2 N–H and O–H groups in total. The summed E-state index contributed by atoms with van der Waals surface area (Å²) in [6, 6.07) is 0. The Morgan fingerprint density at radius 3 is 2.62 bits per heavy atom. The second-order valence-corrected chi connectivity index (χ2v) is 5.00. The maximum atomic E-state index is 12.0. The monoisotopic (exact) mass is 225 g/mol. The van der Waals surface area contributed by atoms with Crippen LogP contribution in [0.4, 0.5) is 0 Å². The van der Waals surface area contributed by atoms with E-state index in [9.17, 15) is 9.59 Å². The van der Waals surface area contributed by atoms with E-state index in [0.717, 1.165) is 19.5 Å². The Balaban J connectivity index is 1.96. The fraction of sp³-hybridized carbons (Fsp3) is 0.818. The van der Waals surface area contributed by atoms with E-state index in [-0.39, 0.29) is 17.7 Å². The number of amides is 2. The molecule has 1 atom stereocenters. The van der Waals surface area contributed by atoms with Crippen LogP contribution >= 0.6 is 0 Å². The van der Waals surface area contributed by atoms with Crippen LogP contribution in [0.5, 0.6) is 0 Å². The Morgan fingerprint density at radius 1 is 1.44 bits per heavy atom. The maximum Gasteiger partial charge on any atom is 0.228 e. The third-order valence-electron chi connectivity index (χ3n) is 3.69. The van der Waals surface area contributed by atoms with Crippen molar-refractivity contribution in [2.75, 3.05) is 33.2 Å². The van der Waals surface area contributed by atoms with Crippen molar-refractivity contribution >= 4 is 11.8 Å². The van der Waals surface area contributed by atoms with Gasteiger partial charge >= 0.3 is 0 Å². The third kappa shape index (κ3) is 1.80. The Bertz CT molecular complexity index is 314. The lowest BCUT2D eigenvalue weighted by atomic mass is 9.89. The number of carbonyl (C=O) groups excluding carboxylic acids is 2. The lowest BCUT2D eigenvalue weighted by molar-refractivity contribution is -0.137. The molecule has 0 saturated carbocycles. The summed E-state index contributed by atoms with van der Waals surface area (Å²) in [5.41, 5.74) is -0.401. The maximum absolute atomic E-state index is 12.0. The van der Waals surface area contributed by atoms with E-state index >= 15 is 0 Å². The van der Waals surface area contributed by atoms with Crippen LogP contribution in [0.3, 0.4) is 0 Å². The van der Waals surface area contributed by atoms with Crippen LogP contribution in [0.1, 0.15) is 13.3 Å². The molecule has 2 fully saturated rings. The molecule has 2 amide bonds. The van der Waals surface area contributed by atoms with Crippen LogP contribution in [0, 0.1) is 11.3 Å². The fourth-order valence-electron chi connectivity index (χ4n) is 2.36. The summed E-state index contributed by atoms with van der Waals surface area (Å²) in [4.78, 5) is 25.5. The van der Waals surface area contributed by atoms with Crippen molar-refractivity contribution in [1.82, 2.24) is 15.5 Å². The molecule has 2 aliphatic rings. The number of rotatable bonds is 2. The number of hydrogen-bond acceptors (Lipinski definition) is 3. The zero-order chi connectivity index (χ0) is 11.8. The van der Waals surface area contributed by atoms with Gasteiger partial charge in [0.25, 0.3) is 0 Å². The van der Waals surface area contributed by atoms with Crippen LogP contribution < -0.4 is 10.6 Å². The highest BCUT2D eigenvalue weighted by Gasteiger charge is 2.43. The van der Waals surface area contributed by atoms with Crippen molar-refractivity contribution in [1.29, 1.82) is 0 Å². The largest absolute Gasteiger partial charge is 0.359 e. The van der Waals surface area contributed by atoms with E-state index < -0.39 is 5.41 Å². The molecule has 0 aromatic carbocycles. The molecule has 0 bridgehead atoms. The highest BCUT2D eigenvalue weighted by molar-refractivity contribution is 5.85. The average molecular weight is 225 g/mol. The first-order valence-corrected chi connectivity index (χ1v) is 5.78. The Morgan fingerprint density at radius 2 is 2.12 bits per heavy atom.